The fourth-order valence-electron chi connectivity index (χ4n) is 1.42. The Labute approximate surface area is 119 Å². The summed E-state index contributed by atoms with van der Waals surface area (Å²) >= 11 is 5.10. The van der Waals surface area contributed by atoms with Crippen molar-refractivity contribution >= 4 is 33.1 Å². The largest absolute Gasteiger partial charge is 0.362 e. The molecule has 0 saturated heterocycles. The van der Waals surface area contributed by atoms with E-state index in [2.05, 4.69) is 10.6 Å². The zero-order valence-electron chi connectivity index (χ0n) is 10.7. The van der Waals surface area contributed by atoms with E-state index in [0.29, 0.717) is 24.5 Å². The highest BCUT2D eigenvalue weighted by atomic mass is 32.2. The third kappa shape index (κ3) is 7.76. The van der Waals surface area contributed by atoms with Crippen molar-refractivity contribution in [2.75, 3.05) is 17.6 Å². The van der Waals surface area contributed by atoms with E-state index in [-0.39, 0.29) is 5.75 Å². The summed E-state index contributed by atoms with van der Waals surface area (Å²) in [6.45, 7) is 2.57. The second-order valence-corrected chi connectivity index (χ2v) is 6.22. The van der Waals surface area contributed by atoms with Crippen molar-refractivity contribution in [3.05, 3.63) is 29.8 Å². The standard InChI is InChI=1S/C12H18N2O3S2/c1-10-4-6-11(7-5-10)14-12(18)13-8-2-3-9-19(15,16)17/h4-7H,2-3,8-9H2,1H3,(H2,13,14,18)(H,15,16,17). The third-order valence-electron chi connectivity index (χ3n) is 2.42. The Kier molecular flexibility index (Phi) is 6.20. The zero-order chi connectivity index (χ0) is 14.3. The second kappa shape index (κ2) is 7.42. The van der Waals surface area contributed by atoms with Gasteiger partial charge >= 0.3 is 0 Å². The first kappa shape index (κ1) is 15.9. The van der Waals surface area contributed by atoms with Gasteiger partial charge in [0.1, 0.15) is 0 Å². The van der Waals surface area contributed by atoms with Crippen molar-refractivity contribution in [1.29, 1.82) is 0 Å². The molecule has 0 bridgehead atoms. The molecule has 0 unspecified atom stereocenters. The molecule has 3 N–H and O–H groups in total. The Morgan fingerprint density at radius 1 is 1.26 bits per heavy atom. The predicted octanol–water partition coefficient (Wildman–Crippen LogP) is 1.95. The minimum absolute atomic E-state index is 0.215. The summed E-state index contributed by atoms with van der Waals surface area (Å²) < 4.78 is 29.5. The summed E-state index contributed by atoms with van der Waals surface area (Å²) in [7, 11) is -3.85. The van der Waals surface area contributed by atoms with Gasteiger partial charge in [0, 0.05) is 12.2 Å². The van der Waals surface area contributed by atoms with Crippen molar-refractivity contribution in [3.63, 3.8) is 0 Å². The van der Waals surface area contributed by atoms with Gasteiger partial charge in [-0.15, -0.1) is 0 Å². The van der Waals surface area contributed by atoms with Crippen LogP contribution in [0.5, 0.6) is 0 Å². The van der Waals surface area contributed by atoms with Gasteiger partial charge in [0.15, 0.2) is 5.11 Å². The molecule has 1 aromatic carbocycles. The van der Waals surface area contributed by atoms with Crippen LogP contribution in [0.25, 0.3) is 0 Å². The molecule has 0 amide bonds. The molecular weight excluding hydrogens is 284 g/mol. The summed E-state index contributed by atoms with van der Waals surface area (Å²) in [5.74, 6) is -0.215. The first-order valence-corrected chi connectivity index (χ1v) is 7.95. The van der Waals surface area contributed by atoms with Crippen LogP contribution in [0.1, 0.15) is 18.4 Å². The fraction of sp³-hybridized carbons (Fsp3) is 0.417. The van der Waals surface area contributed by atoms with Crippen molar-refractivity contribution in [1.82, 2.24) is 5.32 Å². The minimum atomic E-state index is -3.85. The molecule has 0 aromatic heterocycles. The maximum Gasteiger partial charge on any atom is 0.264 e. The molecule has 0 aliphatic carbocycles. The predicted molar refractivity (Wildman–Crippen MR) is 81.1 cm³/mol. The third-order valence-corrected chi connectivity index (χ3v) is 3.48. The lowest BCUT2D eigenvalue weighted by Gasteiger charge is -2.10. The number of aryl methyl sites for hydroxylation is 1. The van der Waals surface area contributed by atoms with E-state index in [1.165, 1.54) is 5.56 Å². The normalized spacial score (nSPS) is 11.1. The maximum atomic E-state index is 10.5. The summed E-state index contributed by atoms with van der Waals surface area (Å²) in [4.78, 5) is 0. The number of benzene rings is 1. The SMILES string of the molecule is Cc1ccc(NC(=S)NCCCCS(=O)(=O)O)cc1. The van der Waals surface area contributed by atoms with Gasteiger partial charge in [0.25, 0.3) is 10.1 Å². The smallest absolute Gasteiger partial charge is 0.264 e. The van der Waals surface area contributed by atoms with E-state index < -0.39 is 10.1 Å². The number of hydrogen-bond acceptors (Lipinski definition) is 3. The first-order valence-electron chi connectivity index (χ1n) is 5.93. The van der Waals surface area contributed by atoms with Crippen LogP contribution in [-0.2, 0) is 10.1 Å². The Morgan fingerprint density at radius 2 is 1.89 bits per heavy atom. The number of anilines is 1. The lowest BCUT2D eigenvalue weighted by atomic mass is 10.2. The van der Waals surface area contributed by atoms with Gasteiger partial charge in [0.05, 0.1) is 5.75 Å². The van der Waals surface area contributed by atoms with E-state index in [1.54, 1.807) is 0 Å². The van der Waals surface area contributed by atoms with E-state index in [4.69, 9.17) is 16.8 Å². The van der Waals surface area contributed by atoms with Crippen LogP contribution in [-0.4, -0.2) is 30.4 Å². The molecular formula is C12H18N2O3S2. The van der Waals surface area contributed by atoms with Crippen molar-refractivity contribution < 1.29 is 13.0 Å². The van der Waals surface area contributed by atoms with Gasteiger partial charge in [0.2, 0.25) is 0 Å². The Balaban J connectivity index is 2.20. The van der Waals surface area contributed by atoms with Crippen LogP contribution in [0.15, 0.2) is 24.3 Å². The van der Waals surface area contributed by atoms with Gasteiger partial charge in [-0.2, -0.15) is 8.42 Å². The maximum absolute atomic E-state index is 10.5. The van der Waals surface area contributed by atoms with Gasteiger partial charge < -0.3 is 10.6 Å². The molecule has 0 aliphatic rings. The molecule has 7 heteroatoms. The van der Waals surface area contributed by atoms with Gasteiger partial charge in [-0.3, -0.25) is 4.55 Å². The molecule has 19 heavy (non-hydrogen) atoms. The minimum Gasteiger partial charge on any atom is -0.362 e. The molecule has 106 valence electrons. The van der Waals surface area contributed by atoms with Crippen LogP contribution in [0.2, 0.25) is 0 Å². The van der Waals surface area contributed by atoms with E-state index >= 15 is 0 Å². The lowest BCUT2D eigenvalue weighted by Crippen LogP contribution is -2.29. The van der Waals surface area contributed by atoms with E-state index in [0.717, 1.165) is 5.69 Å². The number of rotatable bonds is 6. The molecule has 0 saturated carbocycles. The van der Waals surface area contributed by atoms with Gasteiger partial charge in [-0.05, 0) is 44.1 Å². The first-order chi connectivity index (χ1) is 8.87. The molecule has 0 spiro atoms. The second-order valence-electron chi connectivity index (χ2n) is 4.24. The number of hydrogen-bond donors (Lipinski definition) is 3. The average molecular weight is 302 g/mol. The van der Waals surface area contributed by atoms with Crippen LogP contribution in [0.3, 0.4) is 0 Å². The van der Waals surface area contributed by atoms with Crippen LogP contribution < -0.4 is 10.6 Å². The van der Waals surface area contributed by atoms with Crippen molar-refractivity contribution in [3.8, 4) is 0 Å². The summed E-state index contributed by atoms with van der Waals surface area (Å²) in [5.41, 5.74) is 2.08. The van der Waals surface area contributed by atoms with Crippen molar-refractivity contribution in [2.45, 2.75) is 19.8 Å². The van der Waals surface area contributed by atoms with Crippen LogP contribution >= 0.6 is 12.2 Å². The summed E-state index contributed by atoms with van der Waals surface area (Å²) in [6, 6.07) is 7.83. The molecule has 0 aliphatic heterocycles. The average Bonchev–Trinajstić information content (AvgIpc) is 2.30. The van der Waals surface area contributed by atoms with E-state index in [1.807, 2.05) is 31.2 Å². The summed E-state index contributed by atoms with van der Waals surface area (Å²) in [6.07, 6.45) is 1.02. The molecule has 0 radical (unpaired) electrons. The number of thiocarbonyl (C=S) groups is 1. The highest BCUT2D eigenvalue weighted by molar-refractivity contribution is 7.85. The number of unbranched alkanes of at least 4 members (excludes halogenated alkanes) is 1. The highest BCUT2D eigenvalue weighted by Gasteiger charge is 2.03. The summed E-state index contributed by atoms with van der Waals surface area (Å²) in [5, 5.41) is 6.50. The van der Waals surface area contributed by atoms with Crippen LogP contribution in [0, 0.1) is 6.92 Å². The van der Waals surface area contributed by atoms with Crippen LogP contribution in [0.4, 0.5) is 5.69 Å². The monoisotopic (exact) mass is 302 g/mol. The topological polar surface area (TPSA) is 78.4 Å². The highest BCUT2D eigenvalue weighted by Crippen LogP contribution is 2.08. The Hall–Kier alpha value is -1.18. The molecule has 0 atom stereocenters. The molecule has 5 nitrogen and oxygen atoms in total. The fourth-order valence-corrected chi connectivity index (χ4v) is 2.21. The molecule has 0 fully saturated rings. The Bertz CT molecular complexity index is 512. The molecule has 0 heterocycles. The van der Waals surface area contributed by atoms with Crippen molar-refractivity contribution in [2.24, 2.45) is 0 Å². The number of nitrogens with one attached hydrogen (secondary N) is 2. The van der Waals surface area contributed by atoms with Gasteiger partial charge in [-0.25, -0.2) is 0 Å². The molecule has 1 aromatic rings. The van der Waals surface area contributed by atoms with Gasteiger partial charge in [-0.1, -0.05) is 17.7 Å². The molecule has 1 rings (SSSR count). The van der Waals surface area contributed by atoms with E-state index in [9.17, 15) is 8.42 Å². The zero-order valence-corrected chi connectivity index (χ0v) is 12.4. The Morgan fingerprint density at radius 3 is 2.47 bits per heavy atom. The lowest BCUT2D eigenvalue weighted by molar-refractivity contribution is 0.480. The quantitative estimate of drug-likeness (QED) is 0.423.